The van der Waals surface area contributed by atoms with E-state index in [9.17, 15) is 4.79 Å². The lowest BCUT2D eigenvalue weighted by molar-refractivity contribution is -0.121. The summed E-state index contributed by atoms with van der Waals surface area (Å²) < 4.78 is 4.99. The highest BCUT2D eigenvalue weighted by atomic mass is 35.5. The molecule has 0 bridgehead atoms. The number of carbonyl (C=O) groups is 1. The molecule has 1 aliphatic carbocycles. The number of carbonyl (C=O) groups excluding carboxylic acids is 1. The first kappa shape index (κ1) is 11.4. The van der Waals surface area contributed by atoms with Gasteiger partial charge >= 0.3 is 0 Å². The number of hydrogen-bond donors (Lipinski definition) is 1. The molecule has 6 heteroatoms. The van der Waals surface area contributed by atoms with Gasteiger partial charge in [0.05, 0.1) is 0 Å². The lowest BCUT2D eigenvalue weighted by Crippen LogP contribution is -2.43. The molecule has 1 aromatic heterocycles. The molecule has 1 aliphatic rings. The zero-order valence-corrected chi connectivity index (χ0v) is 9.88. The average molecular weight is 244 g/mol. The van der Waals surface area contributed by atoms with Crippen molar-refractivity contribution in [3.63, 3.8) is 0 Å². The van der Waals surface area contributed by atoms with Gasteiger partial charge in [-0.3, -0.25) is 4.79 Å². The Morgan fingerprint density at radius 3 is 2.75 bits per heavy atom. The van der Waals surface area contributed by atoms with Crippen LogP contribution in [-0.2, 0) is 16.2 Å². The molecule has 88 valence electrons. The zero-order chi connectivity index (χ0) is 11.6. The second-order valence-electron chi connectivity index (χ2n) is 4.12. The summed E-state index contributed by atoms with van der Waals surface area (Å²) in [6.45, 7) is 1.50. The van der Waals surface area contributed by atoms with Crippen LogP contribution in [0, 0.1) is 0 Å². The summed E-state index contributed by atoms with van der Waals surface area (Å²) in [5.74, 6) is 1.08. The van der Waals surface area contributed by atoms with Crippen molar-refractivity contribution in [1.29, 1.82) is 0 Å². The van der Waals surface area contributed by atoms with Crippen LogP contribution in [0.1, 0.15) is 44.3 Å². The normalized spacial score (nSPS) is 18.6. The van der Waals surface area contributed by atoms with Gasteiger partial charge in [0.1, 0.15) is 11.4 Å². The fourth-order valence-corrected chi connectivity index (χ4v) is 2.33. The van der Waals surface area contributed by atoms with E-state index in [0.29, 0.717) is 11.7 Å². The first-order valence-corrected chi connectivity index (χ1v) is 5.87. The Bertz CT molecular complexity index is 385. The molecule has 1 amide bonds. The monoisotopic (exact) mass is 243 g/mol. The highest BCUT2D eigenvalue weighted by Crippen LogP contribution is 2.37. The minimum Gasteiger partial charge on any atom is -0.343 e. The van der Waals surface area contributed by atoms with Crippen LogP contribution in [0.2, 0.25) is 0 Å². The molecule has 0 aliphatic heterocycles. The van der Waals surface area contributed by atoms with Crippen molar-refractivity contribution in [2.75, 3.05) is 0 Å². The van der Waals surface area contributed by atoms with Crippen molar-refractivity contribution < 1.29 is 9.32 Å². The van der Waals surface area contributed by atoms with Gasteiger partial charge in [-0.25, -0.2) is 0 Å². The molecule has 5 nitrogen and oxygen atoms in total. The molecule has 0 saturated heterocycles. The van der Waals surface area contributed by atoms with Gasteiger partial charge in [-0.2, -0.15) is 4.98 Å². The molecule has 1 saturated carbocycles. The topological polar surface area (TPSA) is 68.0 Å². The third-order valence-electron chi connectivity index (χ3n) is 2.88. The van der Waals surface area contributed by atoms with Gasteiger partial charge in [0.2, 0.25) is 11.8 Å². The summed E-state index contributed by atoms with van der Waals surface area (Å²) in [5.41, 5.74) is -0.445. The Hall–Kier alpha value is -1.10. The quantitative estimate of drug-likeness (QED) is 0.821. The molecule has 0 radical (unpaired) electrons. The number of halogens is 1. The van der Waals surface area contributed by atoms with Crippen LogP contribution in [0.3, 0.4) is 0 Å². The highest BCUT2D eigenvalue weighted by Gasteiger charge is 2.40. The molecule has 1 heterocycles. The van der Waals surface area contributed by atoms with Gasteiger partial charge in [0.25, 0.3) is 0 Å². The van der Waals surface area contributed by atoms with E-state index in [-0.39, 0.29) is 11.8 Å². The fourth-order valence-electron chi connectivity index (χ4n) is 2.22. The maximum absolute atomic E-state index is 11.2. The molecule has 2 rings (SSSR count). The van der Waals surface area contributed by atoms with Crippen molar-refractivity contribution in [1.82, 2.24) is 15.5 Å². The molecular formula is C10H14ClN3O2. The number of hydrogen-bond acceptors (Lipinski definition) is 4. The summed E-state index contributed by atoms with van der Waals surface area (Å²) >= 11 is 5.61. The second kappa shape index (κ2) is 4.41. The Balaban J connectivity index is 2.27. The Kier molecular flexibility index (Phi) is 3.14. The van der Waals surface area contributed by atoms with Gasteiger partial charge < -0.3 is 9.84 Å². The molecule has 0 spiro atoms. The molecule has 1 fully saturated rings. The van der Waals surface area contributed by atoms with Crippen LogP contribution >= 0.6 is 11.6 Å². The summed E-state index contributed by atoms with van der Waals surface area (Å²) in [5, 5.41) is 6.85. The van der Waals surface area contributed by atoms with E-state index in [4.69, 9.17) is 16.1 Å². The predicted molar refractivity (Wildman–Crippen MR) is 57.8 cm³/mol. The number of amides is 1. The van der Waals surface area contributed by atoms with E-state index < -0.39 is 5.54 Å². The Morgan fingerprint density at radius 2 is 2.25 bits per heavy atom. The summed E-state index contributed by atoms with van der Waals surface area (Å²) in [6.07, 6.45) is 3.83. The van der Waals surface area contributed by atoms with E-state index >= 15 is 0 Å². The smallest absolute Gasteiger partial charge is 0.241 e. The zero-order valence-electron chi connectivity index (χ0n) is 9.12. The largest absolute Gasteiger partial charge is 0.343 e. The molecule has 0 aromatic carbocycles. The minimum atomic E-state index is -0.445. The van der Waals surface area contributed by atoms with Gasteiger partial charge in [0.15, 0.2) is 5.82 Å². The number of alkyl halides is 1. The van der Waals surface area contributed by atoms with Crippen molar-refractivity contribution in [2.45, 2.75) is 44.0 Å². The maximum atomic E-state index is 11.2. The van der Waals surface area contributed by atoms with Crippen molar-refractivity contribution >= 4 is 17.5 Å². The van der Waals surface area contributed by atoms with Crippen LogP contribution in [0.4, 0.5) is 0 Å². The number of aromatic nitrogens is 2. The molecule has 1 aromatic rings. The average Bonchev–Trinajstić information content (AvgIpc) is 2.84. The number of rotatable bonds is 3. The number of nitrogens with zero attached hydrogens (tertiary/aromatic N) is 2. The Morgan fingerprint density at radius 1 is 1.56 bits per heavy atom. The van der Waals surface area contributed by atoms with Gasteiger partial charge in [-0.15, -0.1) is 11.6 Å². The standard InChI is InChI=1S/C10H14ClN3O2/c1-7(15)13-10(4-2-3-5-10)9-12-8(6-11)16-14-9/h2-6H2,1H3,(H,13,15). The van der Waals surface area contributed by atoms with E-state index in [0.717, 1.165) is 25.7 Å². The molecular weight excluding hydrogens is 230 g/mol. The molecule has 0 unspecified atom stereocenters. The SMILES string of the molecule is CC(=O)NC1(c2noc(CCl)n2)CCCC1. The van der Waals surface area contributed by atoms with E-state index in [1.165, 1.54) is 6.92 Å². The van der Waals surface area contributed by atoms with Gasteiger partial charge in [0, 0.05) is 6.92 Å². The van der Waals surface area contributed by atoms with Crippen LogP contribution < -0.4 is 5.32 Å². The van der Waals surface area contributed by atoms with Crippen molar-refractivity contribution in [2.24, 2.45) is 0 Å². The van der Waals surface area contributed by atoms with Crippen LogP contribution in [0.5, 0.6) is 0 Å². The first-order valence-electron chi connectivity index (χ1n) is 5.34. The molecule has 0 atom stereocenters. The summed E-state index contributed by atoms with van der Waals surface area (Å²) in [6, 6.07) is 0. The van der Waals surface area contributed by atoms with Gasteiger partial charge in [-0.05, 0) is 12.8 Å². The van der Waals surface area contributed by atoms with Crippen molar-refractivity contribution in [3.8, 4) is 0 Å². The maximum Gasteiger partial charge on any atom is 0.241 e. The van der Waals surface area contributed by atoms with E-state index in [1.54, 1.807) is 0 Å². The molecule has 16 heavy (non-hydrogen) atoms. The van der Waals surface area contributed by atoms with Crippen LogP contribution in [0.25, 0.3) is 0 Å². The summed E-state index contributed by atoms with van der Waals surface area (Å²) in [7, 11) is 0. The third-order valence-corrected chi connectivity index (χ3v) is 3.11. The van der Waals surface area contributed by atoms with Crippen molar-refractivity contribution in [3.05, 3.63) is 11.7 Å². The molecule has 1 N–H and O–H groups in total. The highest BCUT2D eigenvalue weighted by molar-refractivity contribution is 6.16. The van der Waals surface area contributed by atoms with Crippen LogP contribution in [-0.4, -0.2) is 16.0 Å². The first-order chi connectivity index (χ1) is 7.66. The van der Waals surface area contributed by atoms with Crippen LogP contribution in [0.15, 0.2) is 4.52 Å². The lowest BCUT2D eigenvalue weighted by atomic mass is 9.96. The third kappa shape index (κ3) is 2.04. The van der Waals surface area contributed by atoms with Gasteiger partial charge in [-0.1, -0.05) is 18.0 Å². The minimum absolute atomic E-state index is 0.0703. The number of nitrogens with one attached hydrogen (secondary N) is 1. The second-order valence-corrected chi connectivity index (χ2v) is 4.38. The van der Waals surface area contributed by atoms with E-state index in [2.05, 4.69) is 15.5 Å². The fraction of sp³-hybridized carbons (Fsp3) is 0.700. The summed E-state index contributed by atoms with van der Waals surface area (Å²) in [4.78, 5) is 15.4. The predicted octanol–water partition coefficient (Wildman–Crippen LogP) is 1.71. The lowest BCUT2D eigenvalue weighted by Gasteiger charge is -2.25. The Labute approximate surface area is 98.5 Å². The van der Waals surface area contributed by atoms with E-state index in [1.807, 2.05) is 0 Å².